The molecule has 0 bridgehead atoms. The van der Waals surface area contributed by atoms with E-state index in [4.69, 9.17) is 5.73 Å². The molecule has 0 saturated carbocycles. The molecule has 0 spiro atoms. The Bertz CT molecular complexity index is 777. The van der Waals surface area contributed by atoms with Gasteiger partial charge in [0, 0.05) is 6.54 Å². The normalized spacial score (nSPS) is 10.8. The van der Waals surface area contributed by atoms with Gasteiger partial charge in [-0.15, -0.1) is 0 Å². The second-order valence-corrected chi connectivity index (χ2v) is 4.45. The van der Waals surface area contributed by atoms with E-state index in [-0.39, 0.29) is 10.6 Å². The number of rotatable bonds is 3. The van der Waals surface area contributed by atoms with Gasteiger partial charge in [-0.25, -0.2) is 0 Å². The highest BCUT2D eigenvalue weighted by Crippen LogP contribution is 2.35. The Hall–Kier alpha value is -2.73. The van der Waals surface area contributed by atoms with Gasteiger partial charge < -0.3 is 5.73 Å². The van der Waals surface area contributed by atoms with E-state index in [1.165, 1.54) is 6.20 Å². The molecule has 0 radical (unpaired) electrons. The third-order valence-corrected chi connectivity index (χ3v) is 3.28. The quantitative estimate of drug-likeness (QED) is 0.563. The van der Waals surface area contributed by atoms with Crippen molar-refractivity contribution in [1.82, 2.24) is 10.2 Å². The number of fused-ring (bicyclic) bond motifs is 1. The van der Waals surface area contributed by atoms with Gasteiger partial charge in [-0.2, -0.15) is 5.10 Å². The van der Waals surface area contributed by atoms with Gasteiger partial charge >= 0.3 is 0 Å². The van der Waals surface area contributed by atoms with E-state index in [0.717, 1.165) is 11.1 Å². The lowest BCUT2D eigenvalue weighted by atomic mass is 10.0. The van der Waals surface area contributed by atoms with E-state index < -0.39 is 0 Å². The van der Waals surface area contributed by atoms with Gasteiger partial charge in [0.15, 0.2) is 0 Å². The average Bonchev–Trinajstić information content (AvgIpc) is 2.94. The van der Waals surface area contributed by atoms with Crippen molar-refractivity contribution in [3.63, 3.8) is 0 Å². The highest BCUT2D eigenvalue weighted by Gasteiger charge is 2.20. The van der Waals surface area contributed by atoms with E-state index in [1.54, 1.807) is 12.1 Å². The van der Waals surface area contributed by atoms with E-state index in [1.807, 2.05) is 24.3 Å². The molecule has 20 heavy (non-hydrogen) atoms. The van der Waals surface area contributed by atoms with Crippen LogP contribution in [-0.2, 0) is 6.54 Å². The zero-order chi connectivity index (χ0) is 14.1. The standard InChI is InChI=1S/C14H12N4O2/c15-7-9-1-3-10(4-2-9)11-5-6-13-12(8-16-17-13)14(11)18(19)20/h1-6,8H,7,15H2,(H,16,17). The molecule has 0 unspecified atom stereocenters. The summed E-state index contributed by atoms with van der Waals surface area (Å²) in [5.74, 6) is 0. The van der Waals surface area contributed by atoms with Crippen molar-refractivity contribution < 1.29 is 4.92 Å². The molecular weight excluding hydrogens is 256 g/mol. The average molecular weight is 268 g/mol. The van der Waals surface area contributed by atoms with Crippen LogP contribution in [0.4, 0.5) is 5.69 Å². The van der Waals surface area contributed by atoms with Crippen molar-refractivity contribution in [2.45, 2.75) is 6.54 Å². The Balaban J connectivity index is 2.23. The van der Waals surface area contributed by atoms with Gasteiger partial charge in [-0.3, -0.25) is 15.2 Å². The first kappa shape index (κ1) is 12.3. The predicted molar refractivity (Wildman–Crippen MR) is 76.1 cm³/mol. The van der Waals surface area contributed by atoms with E-state index >= 15 is 0 Å². The summed E-state index contributed by atoms with van der Waals surface area (Å²) in [5.41, 5.74) is 8.63. The Labute approximate surface area is 114 Å². The van der Waals surface area contributed by atoms with Crippen LogP contribution in [0.2, 0.25) is 0 Å². The lowest BCUT2D eigenvalue weighted by molar-refractivity contribution is -0.382. The predicted octanol–water partition coefficient (Wildman–Crippen LogP) is 2.60. The fraction of sp³-hybridized carbons (Fsp3) is 0.0714. The Morgan fingerprint density at radius 2 is 1.95 bits per heavy atom. The Morgan fingerprint density at radius 3 is 2.60 bits per heavy atom. The van der Waals surface area contributed by atoms with Gasteiger partial charge in [0.05, 0.1) is 27.6 Å². The molecule has 0 saturated heterocycles. The van der Waals surface area contributed by atoms with Gasteiger partial charge in [0.1, 0.15) is 0 Å². The number of benzene rings is 2. The number of nitrogens with two attached hydrogens (primary N) is 1. The highest BCUT2D eigenvalue weighted by molar-refractivity contribution is 5.95. The van der Waals surface area contributed by atoms with Crippen LogP contribution in [0.15, 0.2) is 42.6 Å². The second-order valence-electron chi connectivity index (χ2n) is 4.45. The number of hydrogen-bond donors (Lipinski definition) is 2. The fourth-order valence-corrected chi connectivity index (χ4v) is 2.25. The summed E-state index contributed by atoms with van der Waals surface area (Å²) in [6.07, 6.45) is 1.48. The molecule has 0 aliphatic rings. The molecule has 100 valence electrons. The summed E-state index contributed by atoms with van der Waals surface area (Å²) in [5, 5.41) is 18.5. The summed E-state index contributed by atoms with van der Waals surface area (Å²) >= 11 is 0. The summed E-state index contributed by atoms with van der Waals surface area (Å²) in [7, 11) is 0. The van der Waals surface area contributed by atoms with Crippen LogP contribution in [-0.4, -0.2) is 15.1 Å². The van der Waals surface area contributed by atoms with Crippen molar-refractivity contribution in [3.8, 4) is 11.1 Å². The van der Waals surface area contributed by atoms with Crippen LogP contribution in [0.25, 0.3) is 22.0 Å². The summed E-state index contributed by atoms with van der Waals surface area (Å²) < 4.78 is 0. The Kier molecular flexibility index (Phi) is 2.92. The molecule has 0 fully saturated rings. The molecule has 0 aliphatic carbocycles. The SMILES string of the molecule is NCc1ccc(-c2ccc3[nH]ncc3c2[N+](=O)[O-])cc1. The Morgan fingerprint density at radius 1 is 1.20 bits per heavy atom. The maximum atomic E-state index is 11.4. The minimum Gasteiger partial charge on any atom is -0.326 e. The maximum Gasteiger partial charge on any atom is 0.288 e. The number of nitro groups is 1. The van der Waals surface area contributed by atoms with Gasteiger partial charge in [0.25, 0.3) is 5.69 Å². The first-order valence-electron chi connectivity index (χ1n) is 6.10. The minimum atomic E-state index is -0.371. The van der Waals surface area contributed by atoms with Crippen LogP contribution in [0.3, 0.4) is 0 Å². The largest absolute Gasteiger partial charge is 0.326 e. The monoisotopic (exact) mass is 268 g/mol. The molecule has 0 amide bonds. The fourth-order valence-electron chi connectivity index (χ4n) is 2.25. The first-order valence-corrected chi connectivity index (χ1v) is 6.10. The van der Waals surface area contributed by atoms with E-state index in [0.29, 0.717) is 23.0 Å². The van der Waals surface area contributed by atoms with Crippen LogP contribution >= 0.6 is 0 Å². The van der Waals surface area contributed by atoms with Crippen LogP contribution in [0.5, 0.6) is 0 Å². The van der Waals surface area contributed by atoms with Gasteiger partial charge in [-0.05, 0) is 23.3 Å². The smallest absolute Gasteiger partial charge is 0.288 e. The van der Waals surface area contributed by atoms with E-state index in [9.17, 15) is 10.1 Å². The lowest BCUT2D eigenvalue weighted by Crippen LogP contribution is -1.96. The van der Waals surface area contributed by atoms with Crippen molar-refractivity contribution >= 4 is 16.6 Å². The lowest BCUT2D eigenvalue weighted by Gasteiger charge is -2.05. The molecule has 0 atom stereocenters. The minimum absolute atomic E-state index is 0.0664. The summed E-state index contributed by atoms with van der Waals surface area (Å²) in [4.78, 5) is 11.0. The summed E-state index contributed by atoms with van der Waals surface area (Å²) in [6.45, 7) is 0.448. The maximum absolute atomic E-state index is 11.4. The van der Waals surface area contributed by atoms with E-state index in [2.05, 4.69) is 10.2 Å². The summed E-state index contributed by atoms with van der Waals surface area (Å²) in [6, 6.07) is 11.0. The molecule has 1 aromatic heterocycles. The third kappa shape index (κ3) is 1.92. The molecule has 3 rings (SSSR count). The van der Waals surface area contributed by atoms with Crippen LogP contribution in [0.1, 0.15) is 5.56 Å². The first-order chi connectivity index (χ1) is 9.70. The number of nitrogens with one attached hydrogen (secondary N) is 1. The van der Waals surface area contributed by atoms with Gasteiger partial charge in [0.2, 0.25) is 0 Å². The number of H-pyrrole nitrogens is 1. The van der Waals surface area contributed by atoms with Crippen molar-refractivity contribution in [2.75, 3.05) is 0 Å². The second kappa shape index (κ2) is 4.75. The van der Waals surface area contributed by atoms with Crippen molar-refractivity contribution in [3.05, 3.63) is 58.3 Å². The molecular formula is C14H12N4O2. The zero-order valence-electron chi connectivity index (χ0n) is 10.5. The molecule has 6 heteroatoms. The van der Waals surface area contributed by atoms with Crippen LogP contribution in [0, 0.1) is 10.1 Å². The third-order valence-electron chi connectivity index (χ3n) is 3.28. The van der Waals surface area contributed by atoms with Crippen LogP contribution < -0.4 is 5.73 Å². The zero-order valence-corrected chi connectivity index (χ0v) is 10.5. The molecule has 3 N–H and O–H groups in total. The van der Waals surface area contributed by atoms with Gasteiger partial charge in [-0.1, -0.05) is 24.3 Å². The van der Waals surface area contributed by atoms with Crippen molar-refractivity contribution in [2.24, 2.45) is 5.73 Å². The number of nitrogens with zero attached hydrogens (tertiary/aromatic N) is 2. The highest BCUT2D eigenvalue weighted by atomic mass is 16.6. The molecule has 0 aliphatic heterocycles. The topological polar surface area (TPSA) is 97.8 Å². The molecule has 3 aromatic rings. The molecule has 6 nitrogen and oxygen atoms in total. The number of aromatic amines is 1. The number of nitro benzene ring substituents is 1. The van der Waals surface area contributed by atoms with Crippen molar-refractivity contribution in [1.29, 1.82) is 0 Å². The molecule has 2 aromatic carbocycles. The molecule has 1 heterocycles. The number of hydrogen-bond acceptors (Lipinski definition) is 4. The number of aromatic nitrogens is 2.